The van der Waals surface area contributed by atoms with Crippen LogP contribution in [0, 0.1) is 0 Å². The van der Waals surface area contributed by atoms with E-state index in [0.717, 1.165) is 44.1 Å². The Morgan fingerprint density at radius 3 is 2.71 bits per heavy atom. The van der Waals surface area contributed by atoms with Gasteiger partial charge in [-0.3, -0.25) is 4.99 Å². The van der Waals surface area contributed by atoms with E-state index in [0.29, 0.717) is 0 Å². The fourth-order valence-corrected chi connectivity index (χ4v) is 5.04. The minimum absolute atomic E-state index is 0.129. The Balaban J connectivity index is 1.52. The van der Waals surface area contributed by atoms with Crippen LogP contribution in [0.5, 0.6) is 0 Å². The van der Waals surface area contributed by atoms with Crippen molar-refractivity contribution in [2.24, 2.45) is 9.98 Å². The zero-order valence-electron chi connectivity index (χ0n) is 17.2. The number of aromatic amines is 1. The average Bonchev–Trinajstić information content (AvgIpc) is 3.41. The lowest BCUT2D eigenvalue weighted by atomic mass is 9.91. The third-order valence-electron chi connectivity index (χ3n) is 5.50. The first-order valence-corrected chi connectivity index (χ1v) is 10.9. The van der Waals surface area contributed by atoms with Gasteiger partial charge in [0.25, 0.3) is 0 Å². The van der Waals surface area contributed by atoms with Crippen molar-refractivity contribution in [2.75, 3.05) is 7.05 Å². The summed E-state index contributed by atoms with van der Waals surface area (Å²) < 4.78 is 0. The molecule has 6 nitrogen and oxygen atoms in total. The molecule has 5 rings (SSSR count). The van der Waals surface area contributed by atoms with Crippen LogP contribution in [0.1, 0.15) is 35.1 Å². The number of aliphatic imine (C=N–C) groups is 2. The molecule has 2 unspecified atom stereocenters. The molecule has 154 valence electrons. The van der Waals surface area contributed by atoms with E-state index in [2.05, 4.69) is 49.9 Å². The van der Waals surface area contributed by atoms with Crippen molar-refractivity contribution in [2.45, 2.75) is 18.9 Å². The van der Waals surface area contributed by atoms with Gasteiger partial charge in [-0.25, -0.2) is 14.8 Å². The highest BCUT2D eigenvalue weighted by Crippen LogP contribution is 2.38. The lowest BCUT2D eigenvalue weighted by Crippen LogP contribution is -2.38. The normalized spacial score (nSPS) is 19.0. The molecule has 0 saturated heterocycles. The predicted molar refractivity (Wildman–Crippen MR) is 126 cm³/mol. The summed E-state index contributed by atoms with van der Waals surface area (Å²) in [7, 11) is 1.76. The second kappa shape index (κ2) is 7.92. The van der Waals surface area contributed by atoms with Crippen molar-refractivity contribution < 1.29 is 4.79 Å². The number of carbonyl (C=O) groups excluding carboxylic acids is 1. The summed E-state index contributed by atoms with van der Waals surface area (Å²) >= 11 is 1.59. The fraction of sp³-hybridized carbons (Fsp3) is 0.167. The first-order chi connectivity index (χ1) is 15.1. The Bertz CT molecular complexity index is 1280. The molecule has 31 heavy (non-hydrogen) atoms. The highest BCUT2D eigenvalue weighted by Gasteiger charge is 2.35. The molecule has 0 saturated carbocycles. The SMILES string of the molecule is CN=Cc1ccc(-c2csc(C3C(C)=NC(=O)NC3c3cc4ccccc4[nH]3)n2)cc1. The maximum Gasteiger partial charge on any atom is 0.341 e. The summed E-state index contributed by atoms with van der Waals surface area (Å²) in [6.45, 7) is 1.90. The van der Waals surface area contributed by atoms with Crippen LogP contribution in [0.2, 0.25) is 0 Å². The maximum atomic E-state index is 12.2. The minimum atomic E-state index is -0.317. The number of fused-ring (bicyclic) bond motifs is 1. The molecule has 2 amide bonds. The monoisotopic (exact) mass is 427 g/mol. The molecule has 0 radical (unpaired) electrons. The number of nitrogens with one attached hydrogen (secondary N) is 2. The van der Waals surface area contributed by atoms with Crippen molar-refractivity contribution in [3.63, 3.8) is 0 Å². The summed E-state index contributed by atoms with van der Waals surface area (Å²) in [5.41, 5.74) is 5.78. The zero-order chi connectivity index (χ0) is 21.4. The van der Waals surface area contributed by atoms with Gasteiger partial charge in [0.05, 0.1) is 17.7 Å². The number of hydrogen-bond donors (Lipinski definition) is 2. The first kappa shape index (κ1) is 19.4. The number of thiazole rings is 1. The number of rotatable bonds is 4. The van der Waals surface area contributed by atoms with Gasteiger partial charge < -0.3 is 10.3 Å². The largest absolute Gasteiger partial charge is 0.357 e. The average molecular weight is 428 g/mol. The highest BCUT2D eigenvalue weighted by molar-refractivity contribution is 7.10. The van der Waals surface area contributed by atoms with Gasteiger partial charge in [-0.05, 0) is 30.0 Å². The van der Waals surface area contributed by atoms with Gasteiger partial charge in [-0.15, -0.1) is 11.3 Å². The number of urea groups is 1. The molecule has 2 aromatic heterocycles. The first-order valence-electron chi connectivity index (χ1n) is 10.0. The number of carbonyl (C=O) groups is 1. The number of benzene rings is 2. The summed E-state index contributed by atoms with van der Waals surface area (Å²) in [5.74, 6) is -0.129. The summed E-state index contributed by atoms with van der Waals surface area (Å²) in [4.78, 5) is 28.8. The van der Waals surface area contributed by atoms with E-state index in [1.165, 1.54) is 0 Å². The third-order valence-corrected chi connectivity index (χ3v) is 6.43. The molecule has 1 aliphatic rings. The molecule has 0 fully saturated rings. The topological polar surface area (TPSA) is 82.5 Å². The Labute approximate surface area is 183 Å². The van der Waals surface area contributed by atoms with Crippen LogP contribution in [0.3, 0.4) is 0 Å². The Morgan fingerprint density at radius 1 is 1.13 bits per heavy atom. The lowest BCUT2D eigenvalue weighted by Gasteiger charge is -2.29. The predicted octanol–water partition coefficient (Wildman–Crippen LogP) is 5.35. The maximum absolute atomic E-state index is 12.2. The van der Waals surface area contributed by atoms with Gasteiger partial charge >= 0.3 is 6.03 Å². The fourth-order valence-electron chi connectivity index (χ4n) is 4.01. The number of para-hydroxylation sites is 1. The van der Waals surface area contributed by atoms with Crippen LogP contribution in [-0.4, -0.2) is 35.0 Å². The zero-order valence-corrected chi connectivity index (χ0v) is 18.0. The molecule has 2 aromatic carbocycles. The van der Waals surface area contributed by atoms with E-state index in [1.807, 2.05) is 43.5 Å². The summed E-state index contributed by atoms with van der Waals surface area (Å²) in [6, 6.07) is 17.8. The highest BCUT2D eigenvalue weighted by atomic mass is 32.1. The quantitative estimate of drug-likeness (QED) is 0.431. The smallest absolute Gasteiger partial charge is 0.341 e. The van der Waals surface area contributed by atoms with Gasteiger partial charge in [-0.1, -0.05) is 42.5 Å². The Hall–Kier alpha value is -3.58. The number of H-pyrrole nitrogens is 1. The Morgan fingerprint density at radius 2 is 1.94 bits per heavy atom. The molecule has 2 N–H and O–H groups in total. The van der Waals surface area contributed by atoms with E-state index in [4.69, 9.17) is 4.98 Å². The van der Waals surface area contributed by atoms with Crippen LogP contribution in [-0.2, 0) is 0 Å². The summed E-state index contributed by atoms with van der Waals surface area (Å²) in [6.07, 6.45) is 1.83. The number of hydrogen-bond acceptors (Lipinski definition) is 4. The van der Waals surface area contributed by atoms with Gasteiger partial charge in [0.1, 0.15) is 5.01 Å². The van der Waals surface area contributed by atoms with E-state index < -0.39 is 0 Å². The van der Waals surface area contributed by atoms with Crippen LogP contribution in [0.15, 0.2) is 70.0 Å². The van der Waals surface area contributed by atoms with Crippen LogP contribution in [0.25, 0.3) is 22.2 Å². The van der Waals surface area contributed by atoms with Crippen molar-refractivity contribution >= 4 is 40.2 Å². The van der Waals surface area contributed by atoms with Crippen molar-refractivity contribution in [3.8, 4) is 11.3 Å². The van der Waals surface area contributed by atoms with E-state index in [1.54, 1.807) is 18.4 Å². The lowest BCUT2D eigenvalue weighted by molar-refractivity contribution is 0.242. The van der Waals surface area contributed by atoms with Crippen molar-refractivity contribution in [3.05, 3.63) is 76.2 Å². The van der Waals surface area contributed by atoms with E-state index in [9.17, 15) is 4.79 Å². The molecule has 4 aromatic rings. The molecule has 0 bridgehead atoms. The standard InChI is InChI=1S/C24H21N5OS/c1-14-21(23-28-20(13-31-23)16-9-7-15(8-10-16)12-25-2)22(29-24(30)26-14)19-11-17-5-3-4-6-18(17)27-19/h3-13,21-22,27H,1-2H3,(H,29,30). The van der Waals surface area contributed by atoms with Crippen molar-refractivity contribution in [1.29, 1.82) is 0 Å². The molecule has 7 heteroatoms. The summed E-state index contributed by atoms with van der Waals surface area (Å²) in [5, 5.41) is 7.14. The number of nitrogens with zero attached hydrogens (tertiary/aromatic N) is 3. The molecule has 0 aliphatic carbocycles. The second-order valence-corrected chi connectivity index (χ2v) is 8.44. The number of amides is 2. The van der Waals surface area contributed by atoms with Crippen LogP contribution >= 0.6 is 11.3 Å². The van der Waals surface area contributed by atoms with Crippen LogP contribution < -0.4 is 5.32 Å². The van der Waals surface area contributed by atoms with Gasteiger partial charge in [-0.2, -0.15) is 0 Å². The molecular formula is C24H21N5OS. The van der Waals surface area contributed by atoms with Gasteiger partial charge in [0.15, 0.2) is 0 Å². The minimum Gasteiger partial charge on any atom is -0.357 e. The van der Waals surface area contributed by atoms with E-state index >= 15 is 0 Å². The third kappa shape index (κ3) is 3.68. The number of aromatic nitrogens is 2. The van der Waals surface area contributed by atoms with E-state index in [-0.39, 0.29) is 18.0 Å². The molecule has 3 heterocycles. The molecular weight excluding hydrogens is 406 g/mol. The Kier molecular flexibility index (Phi) is 4.95. The van der Waals surface area contributed by atoms with Gasteiger partial charge in [0, 0.05) is 41.1 Å². The molecule has 0 spiro atoms. The van der Waals surface area contributed by atoms with Crippen LogP contribution in [0.4, 0.5) is 4.79 Å². The molecule has 1 aliphatic heterocycles. The van der Waals surface area contributed by atoms with Crippen molar-refractivity contribution in [1.82, 2.24) is 15.3 Å². The second-order valence-electron chi connectivity index (χ2n) is 7.55. The molecule has 2 atom stereocenters. The van der Waals surface area contributed by atoms with Gasteiger partial charge in [0.2, 0.25) is 0 Å².